The summed E-state index contributed by atoms with van der Waals surface area (Å²) in [5, 5.41) is 2.43. The summed E-state index contributed by atoms with van der Waals surface area (Å²) >= 11 is 0. The number of benzene rings is 3. The largest absolute Gasteiger partial charge is 0.493 e. The second-order valence-corrected chi connectivity index (χ2v) is 8.46. The Labute approximate surface area is 224 Å². The van der Waals surface area contributed by atoms with Gasteiger partial charge in [-0.3, -0.25) is 0 Å². The molecule has 4 rings (SSSR count). The third kappa shape index (κ3) is 8.46. The van der Waals surface area contributed by atoms with Gasteiger partial charge in [0.05, 0.1) is 12.3 Å². The maximum Gasteiger partial charge on any atom is 0.412 e. The molecule has 0 aliphatic carbocycles. The molecule has 39 heavy (non-hydrogen) atoms. The number of alkyl carbamates (subject to hydrolysis) is 1. The highest BCUT2D eigenvalue weighted by atomic mass is 16.6. The van der Waals surface area contributed by atoms with E-state index in [1.54, 1.807) is 42.7 Å². The fourth-order valence-corrected chi connectivity index (χ4v) is 3.64. The van der Waals surface area contributed by atoms with Crippen molar-refractivity contribution in [2.45, 2.75) is 25.5 Å². The van der Waals surface area contributed by atoms with Crippen LogP contribution in [-0.4, -0.2) is 35.8 Å². The average Bonchev–Trinajstić information content (AvgIpc) is 3.42. The Hall–Kier alpha value is -5.12. The number of primary amides is 1. The highest BCUT2D eigenvalue weighted by molar-refractivity contribution is 5.89. The molecular formula is C29H27N3O7. The quantitative estimate of drug-likeness (QED) is 0.215. The topological polar surface area (TPSA) is 143 Å². The minimum atomic E-state index is -1.27. The lowest BCUT2D eigenvalue weighted by atomic mass is 10.1. The number of amides is 2. The third-order valence-corrected chi connectivity index (χ3v) is 5.55. The first-order chi connectivity index (χ1) is 19.0. The van der Waals surface area contributed by atoms with Crippen molar-refractivity contribution in [3.8, 4) is 17.2 Å². The molecule has 0 aliphatic rings. The SMILES string of the molecule is NC(=O)OC(=O)C(Cc1ccc(OCCc2coc(-c3ccccc3)n2)cc1)NC(=O)OCc1ccccc1. The van der Waals surface area contributed by atoms with E-state index in [2.05, 4.69) is 15.0 Å². The van der Waals surface area contributed by atoms with Gasteiger partial charge in [-0.2, -0.15) is 0 Å². The number of esters is 1. The zero-order valence-corrected chi connectivity index (χ0v) is 20.9. The molecular weight excluding hydrogens is 502 g/mol. The number of oxazole rings is 1. The van der Waals surface area contributed by atoms with Crippen molar-refractivity contribution in [2.24, 2.45) is 5.73 Å². The molecule has 200 valence electrons. The van der Waals surface area contributed by atoms with E-state index in [-0.39, 0.29) is 13.0 Å². The molecule has 1 aromatic heterocycles. The molecule has 1 unspecified atom stereocenters. The average molecular weight is 530 g/mol. The minimum Gasteiger partial charge on any atom is -0.493 e. The number of carbonyl (C=O) groups excluding carboxylic acids is 3. The summed E-state index contributed by atoms with van der Waals surface area (Å²) in [4.78, 5) is 40.2. The molecule has 2 amide bonds. The Morgan fingerprint density at radius 3 is 2.28 bits per heavy atom. The number of carbonyl (C=O) groups is 3. The molecule has 10 heteroatoms. The van der Waals surface area contributed by atoms with E-state index < -0.39 is 24.2 Å². The van der Waals surface area contributed by atoms with Crippen LogP contribution < -0.4 is 15.8 Å². The predicted octanol–water partition coefficient (Wildman–Crippen LogP) is 4.42. The van der Waals surface area contributed by atoms with Crippen molar-refractivity contribution >= 4 is 18.2 Å². The summed E-state index contributed by atoms with van der Waals surface area (Å²) in [6.07, 6.45) is 0.0878. The van der Waals surface area contributed by atoms with Gasteiger partial charge >= 0.3 is 18.2 Å². The van der Waals surface area contributed by atoms with Gasteiger partial charge in [0.1, 0.15) is 24.7 Å². The number of nitrogens with one attached hydrogen (secondary N) is 1. The minimum absolute atomic E-state index is 0.0121. The van der Waals surface area contributed by atoms with Gasteiger partial charge in [0.25, 0.3) is 0 Å². The molecule has 0 saturated carbocycles. The number of rotatable bonds is 11. The molecule has 0 spiro atoms. The van der Waals surface area contributed by atoms with E-state index in [0.29, 0.717) is 30.2 Å². The second kappa shape index (κ2) is 13.4. The van der Waals surface area contributed by atoms with E-state index in [1.165, 1.54) is 0 Å². The molecule has 0 fully saturated rings. The van der Waals surface area contributed by atoms with Gasteiger partial charge in [-0.15, -0.1) is 0 Å². The van der Waals surface area contributed by atoms with Gasteiger partial charge in [0.15, 0.2) is 0 Å². The van der Waals surface area contributed by atoms with Crippen LogP contribution in [0.25, 0.3) is 11.5 Å². The van der Waals surface area contributed by atoms with Crippen LogP contribution in [0.3, 0.4) is 0 Å². The molecule has 0 radical (unpaired) electrons. The van der Waals surface area contributed by atoms with Crippen LogP contribution in [0.1, 0.15) is 16.8 Å². The Kier molecular flexibility index (Phi) is 9.27. The fraction of sp³-hybridized carbons (Fsp3) is 0.172. The summed E-state index contributed by atoms with van der Waals surface area (Å²) in [5.74, 6) is 0.163. The highest BCUT2D eigenvalue weighted by Gasteiger charge is 2.25. The van der Waals surface area contributed by atoms with Gasteiger partial charge in [-0.25, -0.2) is 19.4 Å². The fourth-order valence-electron chi connectivity index (χ4n) is 3.64. The second-order valence-electron chi connectivity index (χ2n) is 8.46. The van der Waals surface area contributed by atoms with E-state index in [1.807, 2.05) is 48.5 Å². The van der Waals surface area contributed by atoms with Crippen LogP contribution in [0, 0.1) is 0 Å². The number of ether oxygens (including phenoxy) is 3. The molecule has 4 aromatic rings. The Balaban J connectivity index is 1.29. The smallest absolute Gasteiger partial charge is 0.412 e. The van der Waals surface area contributed by atoms with Crippen molar-refractivity contribution in [1.82, 2.24) is 10.3 Å². The summed E-state index contributed by atoms with van der Waals surface area (Å²) in [6, 6.07) is 24.4. The molecule has 3 N–H and O–H groups in total. The number of nitrogens with zero attached hydrogens (tertiary/aromatic N) is 1. The molecule has 1 heterocycles. The third-order valence-electron chi connectivity index (χ3n) is 5.55. The lowest BCUT2D eigenvalue weighted by molar-refractivity contribution is -0.139. The van der Waals surface area contributed by atoms with Crippen LogP contribution in [-0.2, 0) is 33.7 Å². The molecule has 0 saturated heterocycles. The van der Waals surface area contributed by atoms with Gasteiger partial charge in [-0.1, -0.05) is 60.7 Å². The summed E-state index contributed by atoms with van der Waals surface area (Å²) in [7, 11) is 0. The van der Waals surface area contributed by atoms with E-state index in [4.69, 9.17) is 19.6 Å². The van der Waals surface area contributed by atoms with Gasteiger partial charge in [0, 0.05) is 18.4 Å². The highest BCUT2D eigenvalue weighted by Crippen LogP contribution is 2.19. The van der Waals surface area contributed by atoms with Crippen LogP contribution in [0.2, 0.25) is 0 Å². The van der Waals surface area contributed by atoms with Crippen molar-refractivity contribution in [2.75, 3.05) is 6.61 Å². The van der Waals surface area contributed by atoms with Gasteiger partial charge in [-0.05, 0) is 35.4 Å². The number of nitrogens with two attached hydrogens (primary N) is 1. The van der Waals surface area contributed by atoms with Crippen molar-refractivity contribution < 1.29 is 33.0 Å². The summed E-state index contributed by atoms with van der Waals surface area (Å²) in [5.41, 5.74) is 8.11. The predicted molar refractivity (Wildman–Crippen MR) is 141 cm³/mol. The normalized spacial score (nSPS) is 11.3. The standard InChI is InChI=1S/C29H27N3O7/c30-28(34)39-27(33)25(32-29(35)38-18-21-7-3-1-4-8-21)17-20-11-13-24(14-12-20)36-16-15-23-19-37-26(31-23)22-9-5-2-6-10-22/h1-14,19,25H,15-18H2,(H2,30,34)(H,32,35). The first kappa shape index (κ1) is 26.9. The summed E-state index contributed by atoms with van der Waals surface area (Å²) in [6.45, 7) is 0.390. The first-order valence-electron chi connectivity index (χ1n) is 12.2. The Morgan fingerprint density at radius 1 is 0.897 bits per heavy atom. The van der Waals surface area contributed by atoms with Crippen LogP contribution in [0.4, 0.5) is 9.59 Å². The van der Waals surface area contributed by atoms with Gasteiger partial charge < -0.3 is 29.7 Å². The maximum atomic E-state index is 12.4. The van der Waals surface area contributed by atoms with E-state index >= 15 is 0 Å². The maximum absolute atomic E-state index is 12.4. The summed E-state index contributed by atoms with van der Waals surface area (Å²) < 4.78 is 21.0. The van der Waals surface area contributed by atoms with Crippen molar-refractivity contribution in [3.05, 3.63) is 108 Å². The van der Waals surface area contributed by atoms with Crippen LogP contribution >= 0.6 is 0 Å². The molecule has 1 atom stereocenters. The lowest BCUT2D eigenvalue weighted by Crippen LogP contribution is -2.44. The molecule has 0 aliphatic heterocycles. The Morgan fingerprint density at radius 2 is 1.59 bits per heavy atom. The zero-order chi connectivity index (χ0) is 27.5. The first-order valence-corrected chi connectivity index (χ1v) is 12.2. The molecule has 0 bridgehead atoms. The molecule has 3 aromatic carbocycles. The molecule has 10 nitrogen and oxygen atoms in total. The van der Waals surface area contributed by atoms with Crippen LogP contribution in [0.5, 0.6) is 5.75 Å². The zero-order valence-electron chi connectivity index (χ0n) is 20.9. The van der Waals surface area contributed by atoms with Gasteiger partial charge in [0.2, 0.25) is 5.89 Å². The number of aromatic nitrogens is 1. The van der Waals surface area contributed by atoms with Crippen molar-refractivity contribution in [1.29, 1.82) is 0 Å². The van der Waals surface area contributed by atoms with E-state index in [9.17, 15) is 14.4 Å². The lowest BCUT2D eigenvalue weighted by Gasteiger charge is -2.17. The Bertz CT molecular complexity index is 1370. The number of hydrogen-bond acceptors (Lipinski definition) is 8. The monoisotopic (exact) mass is 529 g/mol. The van der Waals surface area contributed by atoms with E-state index in [0.717, 1.165) is 16.8 Å². The van der Waals surface area contributed by atoms with Crippen molar-refractivity contribution in [3.63, 3.8) is 0 Å². The number of hydrogen-bond donors (Lipinski definition) is 2. The van der Waals surface area contributed by atoms with Crippen LogP contribution in [0.15, 0.2) is 95.6 Å².